The molecule has 4 aromatic rings. The first-order valence-corrected chi connectivity index (χ1v) is 9.12. The van der Waals surface area contributed by atoms with Gasteiger partial charge in [0.25, 0.3) is 0 Å². The van der Waals surface area contributed by atoms with Gasteiger partial charge in [-0.15, -0.1) is 0 Å². The van der Waals surface area contributed by atoms with Crippen molar-refractivity contribution in [3.63, 3.8) is 0 Å². The maximum atomic E-state index is 9.71. The van der Waals surface area contributed by atoms with E-state index in [0.717, 1.165) is 16.8 Å². The van der Waals surface area contributed by atoms with Gasteiger partial charge in [-0.2, -0.15) is 0 Å². The summed E-state index contributed by atoms with van der Waals surface area (Å²) in [6.07, 6.45) is 3.59. The van der Waals surface area contributed by atoms with Crippen LogP contribution in [-0.2, 0) is 0 Å². The highest BCUT2D eigenvalue weighted by molar-refractivity contribution is 6.41. The first kappa shape index (κ1) is 17.9. The Morgan fingerprint density at radius 3 is 2.41 bits per heavy atom. The summed E-state index contributed by atoms with van der Waals surface area (Å²) in [5, 5.41) is 14.6. The first-order chi connectivity index (χ1) is 13.1. The third-order valence-electron chi connectivity index (χ3n) is 4.20. The molecule has 0 radical (unpaired) electrons. The smallest absolute Gasteiger partial charge is 0.136 e. The van der Waals surface area contributed by atoms with Gasteiger partial charge >= 0.3 is 0 Å². The van der Waals surface area contributed by atoms with Crippen molar-refractivity contribution in [2.24, 2.45) is 5.16 Å². The van der Waals surface area contributed by atoms with E-state index in [-0.39, 0.29) is 5.71 Å². The van der Waals surface area contributed by atoms with E-state index in [1.54, 1.807) is 30.5 Å². The van der Waals surface area contributed by atoms with E-state index in [1.165, 1.54) is 0 Å². The molecule has 134 valence electrons. The van der Waals surface area contributed by atoms with Crippen LogP contribution in [0.4, 0.5) is 0 Å². The molecule has 1 N–H and O–H groups in total. The second-order valence-electron chi connectivity index (χ2n) is 5.84. The standard InChI is InChI=1S/C20H12Cl3N3O/c21-13-4-1-3-12(9-13)17-11-26-14(10-24-17)7-8-18(26)20(25-27)19-15(22)5-2-6-16(19)23/h1-11,27H/b25-20+. The monoisotopic (exact) mass is 415 g/mol. The molecular formula is C20H12Cl3N3O. The van der Waals surface area contributed by atoms with Gasteiger partial charge < -0.3 is 9.61 Å². The molecular weight excluding hydrogens is 405 g/mol. The van der Waals surface area contributed by atoms with Gasteiger partial charge in [-0.05, 0) is 36.4 Å². The Morgan fingerprint density at radius 2 is 1.70 bits per heavy atom. The summed E-state index contributed by atoms with van der Waals surface area (Å²) in [4.78, 5) is 4.49. The maximum absolute atomic E-state index is 9.71. The molecule has 27 heavy (non-hydrogen) atoms. The van der Waals surface area contributed by atoms with Crippen LogP contribution in [0.3, 0.4) is 0 Å². The molecule has 4 nitrogen and oxygen atoms in total. The number of oxime groups is 1. The Kier molecular flexibility index (Phi) is 4.79. The van der Waals surface area contributed by atoms with Crippen LogP contribution < -0.4 is 0 Å². The second-order valence-corrected chi connectivity index (χ2v) is 7.09. The van der Waals surface area contributed by atoms with Crippen LogP contribution in [0.2, 0.25) is 15.1 Å². The molecule has 0 aliphatic heterocycles. The predicted molar refractivity (Wildman–Crippen MR) is 110 cm³/mol. The van der Waals surface area contributed by atoms with Gasteiger partial charge in [-0.25, -0.2) is 0 Å². The normalized spacial score (nSPS) is 11.9. The average molecular weight is 417 g/mol. The van der Waals surface area contributed by atoms with Crippen molar-refractivity contribution in [2.45, 2.75) is 0 Å². The van der Waals surface area contributed by atoms with Gasteiger partial charge in [0.15, 0.2) is 0 Å². The molecule has 0 spiro atoms. The number of rotatable bonds is 3. The Balaban J connectivity index is 1.91. The Labute approximate surface area is 170 Å². The number of aromatic nitrogens is 2. The minimum absolute atomic E-state index is 0.272. The molecule has 0 saturated carbocycles. The average Bonchev–Trinajstić information content (AvgIpc) is 3.08. The van der Waals surface area contributed by atoms with E-state index in [0.29, 0.717) is 26.3 Å². The maximum Gasteiger partial charge on any atom is 0.136 e. The fourth-order valence-corrected chi connectivity index (χ4v) is 3.71. The molecule has 0 aliphatic rings. The van der Waals surface area contributed by atoms with Crippen LogP contribution in [0.5, 0.6) is 0 Å². The highest BCUT2D eigenvalue weighted by Crippen LogP contribution is 2.29. The number of hydrogen-bond donors (Lipinski definition) is 1. The molecule has 2 aromatic heterocycles. The summed E-state index contributed by atoms with van der Waals surface area (Å²) >= 11 is 18.7. The minimum Gasteiger partial charge on any atom is -0.410 e. The number of fused-ring (bicyclic) bond motifs is 1. The largest absolute Gasteiger partial charge is 0.410 e. The lowest BCUT2D eigenvalue weighted by Gasteiger charge is -2.10. The van der Waals surface area contributed by atoms with Gasteiger partial charge in [0.05, 0.1) is 33.1 Å². The van der Waals surface area contributed by atoms with Crippen molar-refractivity contribution in [1.82, 2.24) is 9.38 Å². The van der Waals surface area contributed by atoms with Gasteiger partial charge in [0.1, 0.15) is 5.71 Å². The Morgan fingerprint density at radius 1 is 0.963 bits per heavy atom. The van der Waals surface area contributed by atoms with Gasteiger partial charge in [-0.3, -0.25) is 4.98 Å². The molecule has 0 amide bonds. The van der Waals surface area contributed by atoms with Crippen LogP contribution in [0.15, 0.2) is 72.1 Å². The first-order valence-electron chi connectivity index (χ1n) is 7.98. The Hall–Kier alpha value is -2.53. The van der Waals surface area contributed by atoms with E-state index in [1.807, 2.05) is 40.9 Å². The fraction of sp³-hybridized carbons (Fsp3) is 0. The molecule has 0 aliphatic carbocycles. The summed E-state index contributed by atoms with van der Waals surface area (Å²) in [6, 6.07) is 16.3. The molecule has 2 aromatic carbocycles. The third-order valence-corrected chi connectivity index (χ3v) is 5.06. The third kappa shape index (κ3) is 3.28. The van der Waals surface area contributed by atoms with Crippen molar-refractivity contribution in [3.05, 3.63) is 93.3 Å². The number of benzene rings is 2. The highest BCUT2D eigenvalue weighted by Gasteiger charge is 2.19. The van der Waals surface area contributed by atoms with E-state index < -0.39 is 0 Å². The van der Waals surface area contributed by atoms with Gasteiger partial charge in [-0.1, -0.05) is 58.2 Å². The van der Waals surface area contributed by atoms with Crippen LogP contribution in [0.1, 0.15) is 11.3 Å². The summed E-state index contributed by atoms with van der Waals surface area (Å²) in [7, 11) is 0. The molecule has 0 bridgehead atoms. The lowest BCUT2D eigenvalue weighted by molar-refractivity contribution is 0.319. The van der Waals surface area contributed by atoms with Crippen LogP contribution in [0, 0.1) is 0 Å². The molecule has 2 heterocycles. The van der Waals surface area contributed by atoms with Crippen LogP contribution in [-0.4, -0.2) is 20.3 Å². The van der Waals surface area contributed by atoms with Gasteiger partial charge in [0, 0.05) is 22.3 Å². The summed E-state index contributed by atoms with van der Waals surface area (Å²) < 4.78 is 1.87. The zero-order valence-corrected chi connectivity index (χ0v) is 16.0. The fourth-order valence-electron chi connectivity index (χ4n) is 2.95. The predicted octanol–water partition coefficient (Wildman–Crippen LogP) is 6.19. The SMILES string of the molecule is O/N=C(/c1c(Cl)cccc1Cl)c1ccc2cnc(-c3cccc(Cl)c3)cn12. The molecule has 4 rings (SSSR count). The lowest BCUT2D eigenvalue weighted by Crippen LogP contribution is -2.09. The van der Waals surface area contributed by atoms with E-state index in [4.69, 9.17) is 34.8 Å². The number of nitrogens with zero attached hydrogens (tertiary/aromatic N) is 3. The van der Waals surface area contributed by atoms with Crippen molar-refractivity contribution in [2.75, 3.05) is 0 Å². The summed E-state index contributed by atoms with van der Waals surface area (Å²) in [5.41, 5.74) is 3.80. The number of halogens is 3. The Bertz CT molecular complexity index is 1160. The zero-order chi connectivity index (χ0) is 19.0. The zero-order valence-electron chi connectivity index (χ0n) is 13.8. The van der Waals surface area contributed by atoms with Crippen molar-refractivity contribution in [3.8, 4) is 11.3 Å². The van der Waals surface area contributed by atoms with Crippen LogP contribution in [0.25, 0.3) is 16.8 Å². The topological polar surface area (TPSA) is 49.9 Å². The highest BCUT2D eigenvalue weighted by atomic mass is 35.5. The van der Waals surface area contributed by atoms with E-state index in [2.05, 4.69) is 10.1 Å². The molecule has 0 fully saturated rings. The molecule has 0 saturated heterocycles. The van der Waals surface area contributed by atoms with E-state index in [9.17, 15) is 5.21 Å². The molecule has 0 unspecified atom stereocenters. The lowest BCUT2D eigenvalue weighted by atomic mass is 10.1. The van der Waals surface area contributed by atoms with Crippen molar-refractivity contribution < 1.29 is 5.21 Å². The quantitative estimate of drug-likeness (QED) is 0.246. The molecule has 0 atom stereocenters. The number of hydrogen-bond acceptors (Lipinski definition) is 3. The molecule has 7 heteroatoms. The van der Waals surface area contributed by atoms with Crippen molar-refractivity contribution >= 4 is 46.0 Å². The van der Waals surface area contributed by atoms with Crippen LogP contribution >= 0.6 is 34.8 Å². The van der Waals surface area contributed by atoms with Crippen molar-refractivity contribution in [1.29, 1.82) is 0 Å². The van der Waals surface area contributed by atoms with E-state index >= 15 is 0 Å². The summed E-state index contributed by atoms with van der Waals surface area (Å²) in [6.45, 7) is 0. The summed E-state index contributed by atoms with van der Waals surface area (Å²) in [5.74, 6) is 0. The minimum atomic E-state index is 0.272. The van der Waals surface area contributed by atoms with Gasteiger partial charge in [0.2, 0.25) is 0 Å². The second kappa shape index (κ2) is 7.24.